The van der Waals surface area contributed by atoms with Gasteiger partial charge in [0.1, 0.15) is 5.78 Å². The summed E-state index contributed by atoms with van der Waals surface area (Å²) in [5.41, 5.74) is 0. The van der Waals surface area contributed by atoms with E-state index in [9.17, 15) is 4.79 Å². The lowest BCUT2D eigenvalue weighted by Crippen LogP contribution is -2.45. The molecule has 1 rings (SSSR count). The Bertz CT molecular complexity index is 119. The molecular formula is C7H14N2O. The number of nitrogens with zero attached hydrogens (tertiary/aromatic N) is 1. The molecule has 1 saturated heterocycles. The Balaban J connectivity index is 2.19. The van der Waals surface area contributed by atoms with E-state index in [0.29, 0.717) is 6.54 Å². The van der Waals surface area contributed by atoms with Crippen LogP contribution in [0.2, 0.25) is 0 Å². The number of Topliss-reactive ketones (excluding diaryl/α,β-unsaturated/α-hetero) is 1. The summed E-state index contributed by atoms with van der Waals surface area (Å²) in [5, 5.41) is 3.23. The van der Waals surface area contributed by atoms with Gasteiger partial charge in [0.2, 0.25) is 0 Å². The predicted octanol–water partition coefficient (Wildman–Crippen LogP) is -0.519. The number of hydrogen-bond donors (Lipinski definition) is 1. The van der Waals surface area contributed by atoms with Gasteiger partial charge in [-0.05, 0) is 6.92 Å². The first-order valence-corrected chi connectivity index (χ1v) is 3.71. The number of carbonyl (C=O) groups is 1. The first kappa shape index (κ1) is 7.69. The van der Waals surface area contributed by atoms with Gasteiger partial charge < -0.3 is 5.32 Å². The summed E-state index contributed by atoms with van der Waals surface area (Å²) < 4.78 is 0. The lowest BCUT2D eigenvalue weighted by molar-refractivity contribution is -0.118. The van der Waals surface area contributed by atoms with E-state index < -0.39 is 0 Å². The van der Waals surface area contributed by atoms with Crippen LogP contribution in [0.3, 0.4) is 0 Å². The minimum Gasteiger partial charge on any atom is -0.314 e. The molecule has 0 aliphatic carbocycles. The highest BCUT2D eigenvalue weighted by molar-refractivity contribution is 5.77. The topological polar surface area (TPSA) is 32.3 Å². The fourth-order valence-electron chi connectivity index (χ4n) is 1.18. The molecule has 1 aliphatic rings. The zero-order valence-electron chi connectivity index (χ0n) is 6.39. The molecule has 0 unspecified atom stereocenters. The third-order valence-corrected chi connectivity index (χ3v) is 1.66. The van der Waals surface area contributed by atoms with Crippen molar-refractivity contribution in [2.75, 3.05) is 32.7 Å². The van der Waals surface area contributed by atoms with Crippen LogP contribution in [0.4, 0.5) is 0 Å². The van der Waals surface area contributed by atoms with E-state index in [1.165, 1.54) is 0 Å². The Labute approximate surface area is 61.4 Å². The molecule has 1 N–H and O–H groups in total. The molecule has 3 heteroatoms. The van der Waals surface area contributed by atoms with E-state index in [-0.39, 0.29) is 5.78 Å². The summed E-state index contributed by atoms with van der Waals surface area (Å²) in [6.07, 6.45) is 0. The van der Waals surface area contributed by atoms with Gasteiger partial charge in [-0.25, -0.2) is 0 Å². The van der Waals surface area contributed by atoms with Crippen molar-refractivity contribution in [2.24, 2.45) is 0 Å². The minimum atomic E-state index is 0.266. The fraction of sp³-hybridized carbons (Fsp3) is 0.857. The summed E-state index contributed by atoms with van der Waals surface area (Å²) in [6.45, 7) is 6.34. The molecule has 0 amide bonds. The molecule has 0 aromatic heterocycles. The standard InChI is InChI=1S/C7H14N2O/c1-7(10)6-9-4-2-8-3-5-9/h8H,2-6H2,1H3/i7+1,10+2. The minimum absolute atomic E-state index is 0.266. The number of nitrogens with one attached hydrogen (secondary N) is 1. The number of carbonyl (C=O) groups excluding carboxylic acids is 1. The lowest BCUT2D eigenvalue weighted by atomic mass is 10.4. The molecule has 0 atom stereocenters. The Hall–Kier alpha value is -0.410. The van der Waals surface area contributed by atoms with E-state index in [1.807, 2.05) is 0 Å². The average Bonchev–Trinajstić information content (AvgIpc) is 1.88. The normalized spacial score (nSPS) is 20.9. The first-order valence-electron chi connectivity index (χ1n) is 3.71. The maximum absolute atomic E-state index is 10.6. The van der Waals surface area contributed by atoms with Crippen molar-refractivity contribution < 1.29 is 4.79 Å². The summed E-state index contributed by atoms with van der Waals surface area (Å²) in [6, 6.07) is 0. The van der Waals surface area contributed by atoms with Crippen molar-refractivity contribution in [3.8, 4) is 0 Å². The Morgan fingerprint density at radius 1 is 1.50 bits per heavy atom. The molecule has 0 saturated carbocycles. The third-order valence-electron chi connectivity index (χ3n) is 1.66. The average molecular weight is 145 g/mol. The van der Waals surface area contributed by atoms with Crippen LogP contribution in [0, 0.1) is 0 Å². The van der Waals surface area contributed by atoms with Crippen molar-refractivity contribution in [1.29, 1.82) is 0 Å². The van der Waals surface area contributed by atoms with Gasteiger partial charge >= 0.3 is 0 Å². The van der Waals surface area contributed by atoms with Crippen molar-refractivity contribution in [3.63, 3.8) is 0 Å². The molecule has 1 heterocycles. The number of piperazine rings is 1. The Kier molecular flexibility index (Phi) is 2.83. The molecule has 0 spiro atoms. The van der Waals surface area contributed by atoms with Gasteiger partial charge in [0.15, 0.2) is 0 Å². The molecule has 0 aromatic rings. The van der Waals surface area contributed by atoms with Crippen molar-refractivity contribution >= 4 is 5.78 Å². The van der Waals surface area contributed by atoms with Crippen LogP contribution < -0.4 is 5.32 Å². The van der Waals surface area contributed by atoms with Gasteiger partial charge in [-0.15, -0.1) is 0 Å². The lowest BCUT2D eigenvalue weighted by Gasteiger charge is -2.25. The summed E-state index contributed by atoms with van der Waals surface area (Å²) in [5.74, 6) is 0.266. The Morgan fingerprint density at radius 3 is 2.60 bits per heavy atom. The maximum atomic E-state index is 10.6. The van der Waals surface area contributed by atoms with Gasteiger partial charge in [0, 0.05) is 26.2 Å². The zero-order valence-corrected chi connectivity index (χ0v) is 6.39. The predicted molar refractivity (Wildman–Crippen MR) is 40.0 cm³/mol. The van der Waals surface area contributed by atoms with Crippen LogP contribution in [0.1, 0.15) is 6.92 Å². The first-order chi connectivity index (χ1) is 4.79. The largest absolute Gasteiger partial charge is 0.314 e. The van der Waals surface area contributed by atoms with Gasteiger partial charge in [0.25, 0.3) is 0 Å². The third kappa shape index (κ3) is 2.45. The van der Waals surface area contributed by atoms with E-state index >= 15 is 0 Å². The number of ketones is 1. The van der Waals surface area contributed by atoms with Crippen molar-refractivity contribution in [2.45, 2.75) is 6.92 Å². The van der Waals surface area contributed by atoms with Crippen LogP contribution in [0.25, 0.3) is 0 Å². The van der Waals surface area contributed by atoms with E-state index in [2.05, 4.69) is 10.2 Å². The highest BCUT2D eigenvalue weighted by atomic mass is 18.1. The highest BCUT2D eigenvalue weighted by Crippen LogP contribution is 1.90. The second-order valence-corrected chi connectivity index (χ2v) is 2.73. The van der Waals surface area contributed by atoms with Crippen LogP contribution in [-0.4, -0.2) is 43.4 Å². The van der Waals surface area contributed by atoms with Gasteiger partial charge in [-0.3, -0.25) is 9.69 Å². The second kappa shape index (κ2) is 3.68. The molecule has 10 heavy (non-hydrogen) atoms. The maximum Gasteiger partial charge on any atom is 0.143 e. The summed E-state index contributed by atoms with van der Waals surface area (Å²) in [4.78, 5) is 12.8. The van der Waals surface area contributed by atoms with Gasteiger partial charge in [0.05, 0.1) is 6.54 Å². The molecule has 0 aromatic carbocycles. The van der Waals surface area contributed by atoms with Crippen molar-refractivity contribution in [1.82, 2.24) is 10.2 Å². The molecule has 1 aliphatic heterocycles. The highest BCUT2D eigenvalue weighted by Gasteiger charge is 2.09. The van der Waals surface area contributed by atoms with Crippen molar-refractivity contribution in [3.05, 3.63) is 0 Å². The monoisotopic (exact) mass is 145 g/mol. The number of rotatable bonds is 2. The second-order valence-electron chi connectivity index (χ2n) is 2.73. The smallest absolute Gasteiger partial charge is 0.143 e. The summed E-state index contributed by atoms with van der Waals surface area (Å²) in [7, 11) is 0. The van der Waals surface area contributed by atoms with E-state index in [4.69, 9.17) is 0 Å². The Morgan fingerprint density at radius 2 is 2.10 bits per heavy atom. The van der Waals surface area contributed by atoms with Crippen LogP contribution in [0.5, 0.6) is 0 Å². The van der Waals surface area contributed by atoms with E-state index in [1.54, 1.807) is 6.92 Å². The molecule has 0 radical (unpaired) electrons. The van der Waals surface area contributed by atoms with Crippen LogP contribution in [0.15, 0.2) is 0 Å². The molecule has 3 nitrogen and oxygen atoms in total. The molecule has 1 fully saturated rings. The molecular weight excluding hydrogens is 131 g/mol. The van der Waals surface area contributed by atoms with Gasteiger partial charge in [-0.2, -0.15) is 0 Å². The fourth-order valence-corrected chi connectivity index (χ4v) is 1.18. The zero-order chi connectivity index (χ0) is 7.40. The van der Waals surface area contributed by atoms with Crippen LogP contribution >= 0.6 is 0 Å². The molecule has 58 valence electrons. The quantitative estimate of drug-likeness (QED) is 0.419. The molecule has 0 bridgehead atoms. The van der Waals surface area contributed by atoms with E-state index in [0.717, 1.165) is 26.2 Å². The number of hydrogen-bond acceptors (Lipinski definition) is 3. The van der Waals surface area contributed by atoms with Crippen LogP contribution in [-0.2, 0) is 4.79 Å². The summed E-state index contributed by atoms with van der Waals surface area (Å²) >= 11 is 0. The van der Waals surface area contributed by atoms with Gasteiger partial charge in [-0.1, -0.05) is 0 Å². The SMILES string of the molecule is C[13C](=[18O])CN1CCNCC1.